The summed E-state index contributed by atoms with van der Waals surface area (Å²) in [7, 11) is 0. The van der Waals surface area contributed by atoms with Crippen LogP contribution in [0.1, 0.15) is 21.5 Å². The van der Waals surface area contributed by atoms with Gasteiger partial charge in [-0.1, -0.05) is 18.2 Å². The van der Waals surface area contributed by atoms with Crippen LogP contribution in [-0.2, 0) is 6.42 Å². The summed E-state index contributed by atoms with van der Waals surface area (Å²) >= 11 is 0. The molecule has 1 aromatic carbocycles. The average molecular weight is 183 g/mol. The molecule has 0 spiro atoms. The first-order valence-corrected chi connectivity index (χ1v) is 3.80. The fourth-order valence-electron chi connectivity index (χ4n) is 1.39. The van der Waals surface area contributed by atoms with Gasteiger partial charge in [0.1, 0.15) is 0 Å². The Hall–Kier alpha value is -0.570. The topological polar surface area (TPSA) is 37.3 Å². The van der Waals surface area contributed by atoms with E-state index >= 15 is 0 Å². The van der Waals surface area contributed by atoms with Gasteiger partial charge in [0.2, 0.25) is 0 Å². The Labute approximate surface area is 98.6 Å². The number of hydrogen-bond donors (Lipinski definition) is 1. The van der Waals surface area contributed by atoms with Gasteiger partial charge in [0.05, 0.1) is 5.56 Å². The fraction of sp³-hybridized carbons (Fsp3) is 0.100. The molecule has 1 aliphatic rings. The Bertz CT molecular complexity index is 369. The third-order valence-electron chi connectivity index (χ3n) is 2.03. The summed E-state index contributed by atoms with van der Waals surface area (Å²) in [6.45, 7) is 0. The van der Waals surface area contributed by atoms with Crippen LogP contribution >= 0.6 is 0 Å². The van der Waals surface area contributed by atoms with Crippen LogP contribution in [-0.4, -0.2) is 40.6 Å². The molecule has 1 radical (unpaired) electrons. The maximum atomic E-state index is 10.6. The number of fused-ring (bicyclic) bond motifs is 1. The Morgan fingerprint density at radius 2 is 2.15 bits per heavy atom. The van der Waals surface area contributed by atoms with Gasteiger partial charge in [-0.25, -0.2) is 4.79 Å². The van der Waals surface area contributed by atoms with Crippen molar-refractivity contribution >= 4 is 41.6 Å². The van der Waals surface area contributed by atoms with Crippen molar-refractivity contribution in [2.45, 2.75) is 6.42 Å². The first-order chi connectivity index (χ1) is 5.77. The van der Waals surface area contributed by atoms with E-state index in [0.717, 1.165) is 17.5 Å². The molecule has 0 amide bonds. The van der Waals surface area contributed by atoms with Gasteiger partial charge < -0.3 is 5.11 Å². The number of carboxylic acids is 1. The first-order valence-electron chi connectivity index (χ1n) is 3.80. The van der Waals surface area contributed by atoms with Crippen LogP contribution < -0.4 is 0 Å². The van der Waals surface area contributed by atoms with Gasteiger partial charge in [-0.15, -0.1) is 0 Å². The van der Waals surface area contributed by atoms with Gasteiger partial charge in [0.25, 0.3) is 0 Å². The number of carboxylic acid groups (broad SMARTS) is 1. The Morgan fingerprint density at radius 1 is 1.38 bits per heavy atom. The molecule has 0 fully saturated rings. The zero-order valence-electron chi connectivity index (χ0n) is 7.45. The SMILES string of the molecule is O=C(O)c1ccc2c(c1)CC=C2.[Na]. The monoisotopic (exact) mass is 183 g/mol. The van der Waals surface area contributed by atoms with Crippen LogP contribution in [0.4, 0.5) is 0 Å². The van der Waals surface area contributed by atoms with Crippen molar-refractivity contribution in [1.29, 1.82) is 0 Å². The third-order valence-corrected chi connectivity index (χ3v) is 2.03. The molecule has 0 atom stereocenters. The molecule has 0 saturated heterocycles. The molecule has 61 valence electrons. The summed E-state index contributed by atoms with van der Waals surface area (Å²) in [5, 5.41) is 8.70. The maximum Gasteiger partial charge on any atom is 0.335 e. The molecule has 1 aromatic rings. The smallest absolute Gasteiger partial charge is 0.335 e. The average Bonchev–Trinajstić information content (AvgIpc) is 2.49. The molecule has 2 rings (SSSR count). The number of allylic oxidation sites excluding steroid dienone is 1. The summed E-state index contributed by atoms with van der Waals surface area (Å²) in [5.41, 5.74) is 2.62. The van der Waals surface area contributed by atoms with Crippen LogP contribution in [0.5, 0.6) is 0 Å². The van der Waals surface area contributed by atoms with E-state index in [1.54, 1.807) is 12.1 Å². The van der Waals surface area contributed by atoms with Gasteiger partial charge in [0, 0.05) is 29.6 Å². The fourth-order valence-corrected chi connectivity index (χ4v) is 1.39. The number of carbonyl (C=O) groups is 1. The van der Waals surface area contributed by atoms with Gasteiger partial charge in [-0.05, 0) is 29.7 Å². The second-order valence-corrected chi connectivity index (χ2v) is 2.83. The Balaban J connectivity index is 0.000000845. The number of benzene rings is 1. The van der Waals surface area contributed by atoms with E-state index in [4.69, 9.17) is 5.11 Å². The van der Waals surface area contributed by atoms with Crippen molar-refractivity contribution in [2.75, 3.05) is 0 Å². The second kappa shape index (κ2) is 4.09. The quantitative estimate of drug-likeness (QED) is 0.671. The summed E-state index contributed by atoms with van der Waals surface area (Å²) in [4.78, 5) is 10.6. The predicted molar refractivity (Wildman–Crippen MR) is 51.9 cm³/mol. The molecule has 13 heavy (non-hydrogen) atoms. The molecule has 0 heterocycles. The van der Waals surface area contributed by atoms with Crippen molar-refractivity contribution < 1.29 is 9.90 Å². The zero-order valence-corrected chi connectivity index (χ0v) is 9.45. The molecule has 3 heteroatoms. The molecule has 1 aliphatic carbocycles. The van der Waals surface area contributed by atoms with E-state index in [2.05, 4.69) is 0 Å². The minimum Gasteiger partial charge on any atom is -0.478 e. The van der Waals surface area contributed by atoms with E-state index in [1.807, 2.05) is 18.2 Å². The number of rotatable bonds is 1. The summed E-state index contributed by atoms with van der Waals surface area (Å²) in [5.74, 6) is -0.857. The number of aromatic carboxylic acids is 1. The van der Waals surface area contributed by atoms with Crippen molar-refractivity contribution in [3.8, 4) is 0 Å². The predicted octanol–water partition coefficient (Wildman–Crippen LogP) is 1.57. The molecule has 0 unspecified atom stereocenters. The molecule has 0 bridgehead atoms. The molecular formula is C10H8NaO2. The van der Waals surface area contributed by atoms with Gasteiger partial charge in [-0.3, -0.25) is 0 Å². The minimum atomic E-state index is -0.857. The van der Waals surface area contributed by atoms with Gasteiger partial charge >= 0.3 is 5.97 Å². The van der Waals surface area contributed by atoms with Crippen molar-refractivity contribution in [1.82, 2.24) is 0 Å². The zero-order chi connectivity index (χ0) is 8.55. The van der Waals surface area contributed by atoms with Crippen molar-refractivity contribution in [2.24, 2.45) is 0 Å². The van der Waals surface area contributed by atoms with Crippen LogP contribution in [0.25, 0.3) is 6.08 Å². The van der Waals surface area contributed by atoms with Crippen molar-refractivity contribution in [3.05, 3.63) is 41.0 Å². The van der Waals surface area contributed by atoms with E-state index in [0.29, 0.717) is 5.56 Å². The van der Waals surface area contributed by atoms with E-state index < -0.39 is 5.97 Å². The molecule has 0 aromatic heterocycles. The second-order valence-electron chi connectivity index (χ2n) is 2.83. The Morgan fingerprint density at radius 3 is 2.85 bits per heavy atom. The first kappa shape index (κ1) is 10.5. The van der Waals surface area contributed by atoms with Crippen LogP contribution in [0.15, 0.2) is 24.3 Å². The van der Waals surface area contributed by atoms with Crippen LogP contribution in [0, 0.1) is 0 Å². The van der Waals surface area contributed by atoms with Crippen molar-refractivity contribution in [3.63, 3.8) is 0 Å². The molecule has 0 saturated carbocycles. The van der Waals surface area contributed by atoms with Gasteiger partial charge in [0.15, 0.2) is 0 Å². The largest absolute Gasteiger partial charge is 0.478 e. The molecule has 1 N–H and O–H groups in total. The standard InChI is InChI=1S/C10H8O2.Na/c11-10(12)9-5-4-7-2-1-3-8(7)6-9;/h1-2,4-6H,3H2,(H,11,12);. The Kier molecular flexibility index (Phi) is 3.31. The summed E-state index contributed by atoms with van der Waals surface area (Å²) < 4.78 is 0. The van der Waals surface area contributed by atoms with Gasteiger partial charge in [-0.2, -0.15) is 0 Å². The normalized spacial score (nSPS) is 12.0. The number of hydrogen-bond acceptors (Lipinski definition) is 1. The van der Waals surface area contributed by atoms with E-state index in [1.165, 1.54) is 0 Å². The van der Waals surface area contributed by atoms with E-state index in [-0.39, 0.29) is 29.6 Å². The molecule has 0 aliphatic heterocycles. The minimum absolute atomic E-state index is 0. The van der Waals surface area contributed by atoms with E-state index in [9.17, 15) is 4.79 Å². The third kappa shape index (κ3) is 2.02. The molecule has 2 nitrogen and oxygen atoms in total. The molecular weight excluding hydrogens is 175 g/mol. The summed E-state index contributed by atoms with van der Waals surface area (Å²) in [6, 6.07) is 5.22. The maximum absolute atomic E-state index is 10.6. The van der Waals surface area contributed by atoms with Crippen LogP contribution in [0.2, 0.25) is 0 Å². The summed E-state index contributed by atoms with van der Waals surface area (Å²) in [6.07, 6.45) is 4.91. The van der Waals surface area contributed by atoms with Crippen LogP contribution in [0.3, 0.4) is 0 Å².